The molecule has 0 aliphatic rings. The maximum atomic E-state index is 13.5. The van der Waals surface area contributed by atoms with Crippen LogP contribution < -0.4 is 5.32 Å². The van der Waals surface area contributed by atoms with E-state index in [2.05, 4.69) is 5.32 Å². The van der Waals surface area contributed by atoms with Crippen LogP contribution in [0.3, 0.4) is 0 Å². The number of hydrogen-bond acceptors (Lipinski definition) is 2. The van der Waals surface area contributed by atoms with Crippen molar-refractivity contribution < 1.29 is 18.0 Å². The first-order valence-corrected chi connectivity index (χ1v) is 6.13. The van der Waals surface area contributed by atoms with Crippen molar-refractivity contribution in [3.63, 3.8) is 0 Å². The maximum absolute atomic E-state index is 13.5. The summed E-state index contributed by atoms with van der Waals surface area (Å²) in [5.74, 6) is -3.03. The lowest BCUT2D eigenvalue weighted by Gasteiger charge is -2.05. The molecule has 1 amide bonds. The molecule has 0 radical (unpaired) electrons. The summed E-state index contributed by atoms with van der Waals surface area (Å²) in [5, 5.41) is 11.2. The zero-order valence-corrected chi connectivity index (χ0v) is 11.1. The second kappa shape index (κ2) is 6.59. The predicted molar refractivity (Wildman–Crippen MR) is 75.0 cm³/mol. The molecule has 0 bridgehead atoms. The highest BCUT2D eigenvalue weighted by Crippen LogP contribution is 2.16. The quantitative estimate of drug-likeness (QED) is 0.695. The fourth-order valence-corrected chi connectivity index (χ4v) is 1.65. The van der Waals surface area contributed by atoms with E-state index in [1.54, 1.807) is 6.07 Å². The second-order valence-corrected chi connectivity index (χ2v) is 4.30. The van der Waals surface area contributed by atoms with E-state index in [4.69, 9.17) is 5.26 Å². The standard InChI is InChI=1S/C16H9F3N2O/c17-12-3-1-10(2-4-12)7-11(9-20)16(22)21-15-6-5-13(18)8-14(15)19/h1-8H,(H,21,22)/b11-7+. The smallest absolute Gasteiger partial charge is 0.266 e. The van der Waals surface area contributed by atoms with Gasteiger partial charge in [-0.2, -0.15) is 5.26 Å². The molecule has 3 nitrogen and oxygen atoms in total. The summed E-state index contributed by atoms with van der Waals surface area (Å²) in [7, 11) is 0. The van der Waals surface area contributed by atoms with Gasteiger partial charge in [-0.3, -0.25) is 4.79 Å². The average Bonchev–Trinajstić information content (AvgIpc) is 2.49. The van der Waals surface area contributed by atoms with Crippen LogP contribution in [-0.4, -0.2) is 5.91 Å². The van der Waals surface area contributed by atoms with Gasteiger partial charge in [-0.25, -0.2) is 13.2 Å². The van der Waals surface area contributed by atoms with E-state index in [1.807, 2.05) is 0 Å². The Morgan fingerprint density at radius 3 is 2.27 bits per heavy atom. The maximum Gasteiger partial charge on any atom is 0.266 e. The van der Waals surface area contributed by atoms with Crippen molar-refractivity contribution >= 4 is 17.7 Å². The minimum Gasteiger partial charge on any atom is -0.319 e. The van der Waals surface area contributed by atoms with Gasteiger partial charge in [0, 0.05) is 6.07 Å². The number of halogens is 3. The Balaban J connectivity index is 2.22. The van der Waals surface area contributed by atoms with E-state index in [0.717, 1.165) is 12.1 Å². The molecular formula is C16H9F3N2O. The monoisotopic (exact) mass is 302 g/mol. The van der Waals surface area contributed by atoms with E-state index >= 15 is 0 Å². The number of nitrogens with one attached hydrogen (secondary N) is 1. The zero-order valence-electron chi connectivity index (χ0n) is 11.1. The molecule has 0 aliphatic heterocycles. The third-order valence-electron chi connectivity index (χ3n) is 2.73. The lowest BCUT2D eigenvalue weighted by molar-refractivity contribution is -0.112. The zero-order chi connectivity index (χ0) is 16.1. The molecule has 0 atom stereocenters. The van der Waals surface area contributed by atoms with Gasteiger partial charge in [-0.15, -0.1) is 0 Å². The third-order valence-corrected chi connectivity index (χ3v) is 2.73. The molecule has 0 saturated carbocycles. The number of nitrogens with zero attached hydrogens (tertiary/aromatic N) is 1. The molecule has 22 heavy (non-hydrogen) atoms. The molecule has 110 valence electrons. The number of nitriles is 1. The van der Waals surface area contributed by atoms with Crippen molar-refractivity contribution in [3.05, 3.63) is 71.1 Å². The molecular weight excluding hydrogens is 293 g/mol. The number of hydrogen-bond donors (Lipinski definition) is 1. The lowest BCUT2D eigenvalue weighted by atomic mass is 10.1. The molecule has 2 aromatic carbocycles. The van der Waals surface area contributed by atoms with Gasteiger partial charge in [0.2, 0.25) is 0 Å². The van der Waals surface area contributed by atoms with E-state index in [1.165, 1.54) is 30.3 Å². The Kier molecular flexibility index (Phi) is 4.59. The molecule has 1 N–H and O–H groups in total. The summed E-state index contributed by atoms with van der Waals surface area (Å²) in [6.07, 6.45) is 1.23. The largest absolute Gasteiger partial charge is 0.319 e. The van der Waals surface area contributed by atoms with Crippen molar-refractivity contribution in [2.45, 2.75) is 0 Å². The summed E-state index contributed by atoms with van der Waals surface area (Å²) in [5.41, 5.74) is -0.102. The number of anilines is 1. The fourth-order valence-electron chi connectivity index (χ4n) is 1.65. The first-order chi connectivity index (χ1) is 10.5. The molecule has 0 heterocycles. The first kappa shape index (κ1) is 15.3. The normalized spacial score (nSPS) is 10.9. The molecule has 0 unspecified atom stereocenters. The lowest BCUT2D eigenvalue weighted by Crippen LogP contribution is -2.14. The van der Waals surface area contributed by atoms with Gasteiger partial charge < -0.3 is 5.32 Å². The highest BCUT2D eigenvalue weighted by atomic mass is 19.1. The number of amides is 1. The van der Waals surface area contributed by atoms with Gasteiger partial charge in [0.05, 0.1) is 5.69 Å². The van der Waals surface area contributed by atoms with Crippen molar-refractivity contribution in [2.75, 3.05) is 5.32 Å². The SMILES string of the molecule is N#C/C(=C\c1ccc(F)cc1)C(=O)Nc1ccc(F)cc1F. The van der Waals surface area contributed by atoms with Gasteiger partial charge in [-0.1, -0.05) is 12.1 Å². The van der Waals surface area contributed by atoms with Gasteiger partial charge >= 0.3 is 0 Å². The summed E-state index contributed by atoms with van der Waals surface area (Å²) < 4.78 is 39.0. The number of rotatable bonds is 3. The van der Waals surface area contributed by atoms with Crippen LogP contribution in [0.25, 0.3) is 6.08 Å². The van der Waals surface area contributed by atoms with Crippen LogP contribution in [0.2, 0.25) is 0 Å². The predicted octanol–water partition coefficient (Wildman–Crippen LogP) is 3.65. The number of carbonyl (C=O) groups is 1. The Bertz CT molecular complexity index is 777. The van der Waals surface area contributed by atoms with Crippen molar-refractivity contribution in [3.8, 4) is 6.07 Å². The van der Waals surface area contributed by atoms with E-state index < -0.39 is 23.4 Å². The van der Waals surface area contributed by atoms with Crippen molar-refractivity contribution in [1.82, 2.24) is 0 Å². The first-order valence-electron chi connectivity index (χ1n) is 6.13. The summed E-state index contributed by atoms with van der Waals surface area (Å²) in [6.45, 7) is 0. The van der Waals surface area contributed by atoms with E-state index in [-0.39, 0.29) is 11.3 Å². The Morgan fingerprint density at radius 1 is 1.05 bits per heavy atom. The molecule has 6 heteroatoms. The van der Waals surface area contributed by atoms with Crippen LogP contribution >= 0.6 is 0 Å². The average molecular weight is 302 g/mol. The third kappa shape index (κ3) is 3.73. The van der Waals surface area contributed by atoms with Crippen molar-refractivity contribution in [1.29, 1.82) is 5.26 Å². The number of carbonyl (C=O) groups excluding carboxylic acids is 1. The topological polar surface area (TPSA) is 52.9 Å². The highest BCUT2D eigenvalue weighted by molar-refractivity contribution is 6.09. The molecule has 0 spiro atoms. The van der Waals surface area contributed by atoms with Gasteiger partial charge in [0.25, 0.3) is 5.91 Å². The Labute approximate surface area is 124 Å². The van der Waals surface area contributed by atoms with Gasteiger partial charge in [0.1, 0.15) is 29.1 Å². The van der Waals surface area contributed by atoms with E-state index in [0.29, 0.717) is 11.6 Å². The molecule has 2 aromatic rings. The minimum absolute atomic E-state index is 0.244. The second-order valence-electron chi connectivity index (χ2n) is 4.30. The molecule has 0 saturated heterocycles. The van der Waals surface area contributed by atoms with E-state index in [9.17, 15) is 18.0 Å². The minimum atomic E-state index is -0.951. The molecule has 2 rings (SSSR count). The Morgan fingerprint density at radius 2 is 1.68 bits per heavy atom. The summed E-state index contributed by atoms with van der Waals surface area (Å²) >= 11 is 0. The van der Waals surface area contributed by atoms with Crippen LogP contribution in [0.1, 0.15) is 5.56 Å². The van der Waals surface area contributed by atoms with Crippen LogP contribution in [0.5, 0.6) is 0 Å². The van der Waals surface area contributed by atoms with Crippen molar-refractivity contribution in [2.24, 2.45) is 0 Å². The molecule has 0 aromatic heterocycles. The number of benzene rings is 2. The van der Waals surface area contributed by atoms with Crippen LogP contribution in [0.15, 0.2) is 48.0 Å². The van der Waals surface area contributed by atoms with Crippen LogP contribution in [-0.2, 0) is 4.79 Å². The fraction of sp³-hybridized carbons (Fsp3) is 0. The molecule has 0 aliphatic carbocycles. The van der Waals surface area contributed by atoms with Crippen LogP contribution in [0, 0.1) is 28.8 Å². The van der Waals surface area contributed by atoms with Crippen LogP contribution in [0.4, 0.5) is 18.9 Å². The van der Waals surface area contributed by atoms with Gasteiger partial charge in [0.15, 0.2) is 0 Å². The van der Waals surface area contributed by atoms with Gasteiger partial charge in [-0.05, 0) is 35.9 Å². The molecule has 0 fully saturated rings. The summed E-state index contributed by atoms with van der Waals surface area (Å²) in [4.78, 5) is 11.9. The summed E-state index contributed by atoms with van der Waals surface area (Å²) in [6, 6.07) is 9.46. The highest BCUT2D eigenvalue weighted by Gasteiger charge is 2.12. The Hall–Kier alpha value is -3.07.